The summed E-state index contributed by atoms with van der Waals surface area (Å²) < 4.78 is 18.0. The molecule has 1 aliphatic rings. The molecule has 36 heavy (non-hydrogen) atoms. The normalized spacial score (nSPS) is 21.9. The Kier molecular flexibility index (Phi) is 15.9. The number of aliphatic hydroxyl groups excluding tert-OH is 2. The number of H-pyrrole nitrogens is 1. The van der Waals surface area contributed by atoms with E-state index in [-0.39, 0.29) is 13.2 Å². The summed E-state index contributed by atoms with van der Waals surface area (Å²) in [5.74, 6) is 0. The van der Waals surface area contributed by atoms with E-state index in [1.165, 1.54) is 89.3 Å². The second-order valence-corrected chi connectivity index (χ2v) is 9.80. The van der Waals surface area contributed by atoms with Crippen LogP contribution in [0.15, 0.2) is 21.9 Å². The number of hydrogen-bond acceptors (Lipinski definition) is 7. The third-order valence-corrected chi connectivity index (χ3v) is 6.79. The Morgan fingerprint density at radius 3 is 2.03 bits per heavy atom. The molecule has 0 saturated carbocycles. The molecule has 0 amide bonds. The van der Waals surface area contributed by atoms with E-state index in [2.05, 4.69) is 11.9 Å². The van der Waals surface area contributed by atoms with E-state index in [0.29, 0.717) is 13.2 Å². The standard InChI is InChI=1S/C27H48N2O7/c1-2-3-4-5-6-7-8-9-10-11-12-13-14-15-18-34-19-20-35-25-22(21-30)36-26(24(25)32)29-17-16-23(31)28-27(29)33/h16-17,22,24-26,30,32H,2-15,18-21H2,1H3,(H,28,31,33). The van der Waals surface area contributed by atoms with Gasteiger partial charge in [0.05, 0.1) is 19.8 Å². The maximum absolute atomic E-state index is 12.0. The van der Waals surface area contributed by atoms with Gasteiger partial charge in [0.15, 0.2) is 6.23 Å². The average Bonchev–Trinajstić information content (AvgIpc) is 3.18. The van der Waals surface area contributed by atoms with Crippen molar-refractivity contribution in [2.45, 2.75) is 121 Å². The minimum Gasteiger partial charge on any atom is -0.394 e. The Labute approximate surface area is 215 Å². The van der Waals surface area contributed by atoms with Gasteiger partial charge in [-0.25, -0.2) is 4.79 Å². The Bertz CT molecular complexity index is 797. The van der Waals surface area contributed by atoms with Gasteiger partial charge >= 0.3 is 5.69 Å². The lowest BCUT2D eigenvalue weighted by atomic mass is 10.0. The van der Waals surface area contributed by atoms with Gasteiger partial charge in [-0.2, -0.15) is 0 Å². The third-order valence-electron chi connectivity index (χ3n) is 6.79. The molecule has 2 rings (SSSR count). The average molecular weight is 513 g/mol. The van der Waals surface area contributed by atoms with Gasteiger partial charge in [-0.1, -0.05) is 90.4 Å². The van der Waals surface area contributed by atoms with Gasteiger partial charge in [-0.3, -0.25) is 14.3 Å². The summed E-state index contributed by atoms with van der Waals surface area (Å²) in [6.45, 7) is 3.19. The highest BCUT2D eigenvalue weighted by atomic mass is 16.6. The van der Waals surface area contributed by atoms with E-state index in [4.69, 9.17) is 14.2 Å². The van der Waals surface area contributed by atoms with Crippen LogP contribution >= 0.6 is 0 Å². The SMILES string of the molecule is CCCCCCCCCCCCCCCCOCCOC1C(CO)OC(n2ccc(=O)[nH]c2=O)C1O. The van der Waals surface area contributed by atoms with Gasteiger partial charge in [0.25, 0.3) is 5.56 Å². The Morgan fingerprint density at radius 2 is 1.47 bits per heavy atom. The van der Waals surface area contributed by atoms with Crippen LogP contribution in [0, 0.1) is 0 Å². The first-order valence-electron chi connectivity index (χ1n) is 14.0. The van der Waals surface area contributed by atoms with Crippen molar-refractivity contribution in [1.82, 2.24) is 9.55 Å². The van der Waals surface area contributed by atoms with Crippen molar-refractivity contribution in [2.24, 2.45) is 0 Å². The molecule has 0 spiro atoms. The predicted molar refractivity (Wildman–Crippen MR) is 139 cm³/mol. The first-order valence-corrected chi connectivity index (χ1v) is 14.0. The van der Waals surface area contributed by atoms with E-state index >= 15 is 0 Å². The fourth-order valence-electron chi connectivity index (χ4n) is 4.67. The molecule has 2 heterocycles. The Hall–Kier alpha value is -1.52. The fraction of sp³-hybridized carbons (Fsp3) is 0.852. The van der Waals surface area contributed by atoms with Crippen molar-refractivity contribution >= 4 is 0 Å². The zero-order chi connectivity index (χ0) is 26.0. The van der Waals surface area contributed by atoms with Crippen molar-refractivity contribution in [2.75, 3.05) is 26.4 Å². The summed E-state index contributed by atoms with van der Waals surface area (Å²) in [7, 11) is 0. The van der Waals surface area contributed by atoms with Crippen molar-refractivity contribution in [3.05, 3.63) is 33.1 Å². The van der Waals surface area contributed by atoms with Gasteiger partial charge in [-0.15, -0.1) is 0 Å². The number of ether oxygens (including phenoxy) is 3. The smallest absolute Gasteiger partial charge is 0.330 e. The number of aromatic nitrogens is 2. The summed E-state index contributed by atoms with van der Waals surface area (Å²) in [6, 6.07) is 1.17. The molecule has 0 aliphatic carbocycles. The molecule has 0 aromatic carbocycles. The first kappa shape index (κ1) is 30.7. The number of nitrogens with zero attached hydrogens (tertiary/aromatic N) is 1. The van der Waals surface area contributed by atoms with Crippen molar-refractivity contribution in [3.8, 4) is 0 Å². The van der Waals surface area contributed by atoms with Crippen LogP contribution in [-0.2, 0) is 14.2 Å². The maximum Gasteiger partial charge on any atom is 0.330 e. The molecule has 1 aromatic rings. The lowest BCUT2D eigenvalue weighted by Gasteiger charge is -2.20. The second kappa shape index (κ2) is 18.7. The number of rotatable bonds is 21. The molecule has 9 nitrogen and oxygen atoms in total. The predicted octanol–water partition coefficient (Wildman–Crippen LogP) is 3.67. The lowest BCUT2D eigenvalue weighted by molar-refractivity contribution is -0.0713. The highest BCUT2D eigenvalue weighted by molar-refractivity contribution is 4.93. The second-order valence-electron chi connectivity index (χ2n) is 9.80. The van der Waals surface area contributed by atoms with Gasteiger partial charge in [0, 0.05) is 18.9 Å². The zero-order valence-corrected chi connectivity index (χ0v) is 22.1. The van der Waals surface area contributed by atoms with Crippen LogP contribution in [0.2, 0.25) is 0 Å². The van der Waals surface area contributed by atoms with E-state index < -0.39 is 35.8 Å². The monoisotopic (exact) mass is 512 g/mol. The fourth-order valence-corrected chi connectivity index (χ4v) is 4.67. The van der Waals surface area contributed by atoms with Crippen LogP contribution in [0.5, 0.6) is 0 Å². The molecule has 0 radical (unpaired) electrons. The lowest BCUT2D eigenvalue weighted by Crippen LogP contribution is -2.39. The largest absolute Gasteiger partial charge is 0.394 e. The van der Waals surface area contributed by atoms with Crippen LogP contribution in [-0.4, -0.2) is 64.5 Å². The molecule has 4 atom stereocenters. The number of hydrogen-bond donors (Lipinski definition) is 3. The van der Waals surface area contributed by atoms with Crippen molar-refractivity contribution in [1.29, 1.82) is 0 Å². The molecule has 9 heteroatoms. The summed E-state index contributed by atoms with van der Waals surface area (Å²) in [5, 5.41) is 20.2. The molecule has 1 aromatic heterocycles. The van der Waals surface area contributed by atoms with Crippen LogP contribution in [0.4, 0.5) is 0 Å². The minimum atomic E-state index is -1.17. The Morgan fingerprint density at radius 1 is 0.889 bits per heavy atom. The third kappa shape index (κ3) is 11.3. The van der Waals surface area contributed by atoms with Gasteiger partial charge in [-0.05, 0) is 6.42 Å². The molecule has 1 fully saturated rings. The topological polar surface area (TPSA) is 123 Å². The molecule has 4 unspecified atom stereocenters. The van der Waals surface area contributed by atoms with E-state index in [0.717, 1.165) is 17.4 Å². The number of unbranched alkanes of at least 4 members (excludes halogenated alkanes) is 13. The molecule has 0 bridgehead atoms. The molecule has 1 saturated heterocycles. The number of nitrogens with one attached hydrogen (secondary N) is 1. The van der Waals surface area contributed by atoms with Crippen LogP contribution in [0.25, 0.3) is 0 Å². The molecular weight excluding hydrogens is 464 g/mol. The van der Waals surface area contributed by atoms with Crippen LogP contribution < -0.4 is 11.2 Å². The van der Waals surface area contributed by atoms with Crippen molar-refractivity contribution < 1.29 is 24.4 Å². The quantitative estimate of drug-likeness (QED) is 0.215. The highest BCUT2D eigenvalue weighted by Gasteiger charge is 2.45. The highest BCUT2D eigenvalue weighted by Crippen LogP contribution is 2.30. The summed E-state index contributed by atoms with van der Waals surface area (Å²) in [6.07, 6.45) is 15.9. The summed E-state index contributed by atoms with van der Waals surface area (Å²) in [5.41, 5.74) is -1.23. The van der Waals surface area contributed by atoms with E-state index in [9.17, 15) is 19.8 Å². The minimum absolute atomic E-state index is 0.243. The molecule has 1 aliphatic heterocycles. The van der Waals surface area contributed by atoms with Crippen molar-refractivity contribution in [3.63, 3.8) is 0 Å². The molecule has 3 N–H and O–H groups in total. The van der Waals surface area contributed by atoms with Gasteiger partial charge in [0.1, 0.15) is 18.3 Å². The van der Waals surface area contributed by atoms with Crippen LogP contribution in [0.1, 0.15) is 103 Å². The summed E-state index contributed by atoms with van der Waals surface area (Å²) in [4.78, 5) is 25.4. The first-order chi connectivity index (χ1) is 17.6. The molecular formula is C27H48N2O7. The molecule has 208 valence electrons. The van der Waals surface area contributed by atoms with Crippen LogP contribution in [0.3, 0.4) is 0 Å². The van der Waals surface area contributed by atoms with E-state index in [1.54, 1.807) is 0 Å². The number of aliphatic hydroxyl groups is 2. The maximum atomic E-state index is 12.0. The summed E-state index contributed by atoms with van der Waals surface area (Å²) >= 11 is 0. The van der Waals surface area contributed by atoms with Gasteiger partial charge < -0.3 is 24.4 Å². The van der Waals surface area contributed by atoms with Gasteiger partial charge in [0.2, 0.25) is 0 Å². The number of aromatic amines is 1. The zero-order valence-electron chi connectivity index (χ0n) is 22.1. The Balaban J connectivity index is 1.46. The van der Waals surface area contributed by atoms with E-state index in [1.807, 2.05) is 0 Å².